The third-order valence-corrected chi connectivity index (χ3v) is 8.17. The summed E-state index contributed by atoms with van der Waals surface area (Å²) in [4.78, 5) is 24.6. The number of carbonyl (C=O) groups is 2. The van der Waals surface area contributed by atoms with Crippen molar-refractivity contribution in [3.63, 3.8) is 0 Å². The molecule has 0 aliphatic heterocycles. The topological polar surface area (TPSA) is 54.4 Å². The maximum atomic E-state index is 12.6. The van der Waals surface area contributed by atoms with Crippen molar-refractivity contribution >= 4 is 19.8 Å². The third-order valence-electron chi connectivity index (χ3n) is 4.67. The molecule has 1 N–H and O–H groups in total. The van der Waals surface area contributed by atoms with Gasteiger partial charge in [0, 0.05) is 11.1 Å². The van der Waals surface area contributed by atoms with Crippen LogP contribution in [0.4, 0.5) is 0 Å². The van der Waals surface area contributed by atoms with Crippen LogP contribution in [-0.2, 0) is 9.83 Å². The molecule has 0 saturated heterocycles. The van der Waals surface area contributed by atoms with Crippen LogP contribution in [0.2, 0.25) is 19.6 Å². The van der Waals surface area contributed by atoms with E-state index in [9.17, 15) is 14.7 Å². The minimum absolute atomic E-state index is 0.0873. The highest BCUT2D eigenvalue weighted by Gasteiger charge is 2.47. The van der Waals surface area contributed by atoms with Crippen LogP contribution >= 0.6 is 0 Å². The Bertz CT molecular complexity index is 732. The first-order chi connectivity index (χ1) is 10.7. The van der Waals surface area contributed by atoms with Crippen LogP contribution in [0, 0.1) is 0 Å². The minimum Gasteiger partial charge on any atom is -0.481 e. The molecule has 0 aliphatic carbocycles. The van der Waals surface area contributed by atoms with Gasteiger partial charge in [0.15, 0.2) is 5.78 Å². The molecule has 0 radical (unpaired) electrons. The van der Waals surface area contributed by atoms with Crippen molar-refractivity contribution < 1.29 is 14.7 Å². The Balaban J connectivity index is 2.52. The molecule has 2 aromatic rings. The molecular weight excluding hydrogens is 304 g/mol. The summed E-state index contributed by atoms with van der Waals surface area (Å²) in [7, 11) is -2.06. The molecule has 0 saturated carbocycles. The molecule has 2 aromatic carbocycles. The molecule has 4 heteroatoms. The van der Waals surface area contributed by atoms with Crippen molar-refractivity contribution in [2.75, 3.05) is 0 Å². The maximum Gasteiger partial charge on any atom is 0.310 e. The summed E-state index contributed by atoms with van der Waals surface area (Å²) >= 11 is 0. The SMILES string of the molecule is CC(C(=O)O)(c1cccc(C(=O)c2ccccc2)c1)[Si](C)(C)C. The van der Waals surface area contributed by atoms with E-state index in [2.05, 4.69) is 0 Å². The van der Waals surface area contributed by atoms with E-state index < -0.39 is 19.1 Å². The molecule has 0 heterocycles. The maximum absolute atomic E-state index is 12.6. The second-order valence-corrected chi connectivity index (χ2v) is 12.5. The second-order valence-electron chi connectivity index (χ2n) is 6.96. The normalized spacial score (nSPS) is 14.1. The molecule has 0 spiro atoms. The Morgan fingerprint density at radius 1 is 0.913 bits per heavy atom. The highest BCUT2D eigenvalue weighted by atomic mass is 28.3. The second kappa shape index (κ2) is 6.12. The lowest BCUT2D eigenvalue weighted by atomic mass is 9.95. The quantitative estimate of drug-likeness (QED) is 0.664. The summed E-state index contributed by atoms with van der Waals surface area (Å²) < 4.78 is 0. The van der Waals surface area contributed by atoms with Gasteiger partial charge in [-0.2, -0.15) is 0 Å². The van der Waals surface area contributed by atoms with E-state index in [1.54, 1.807) is 37.3 Å². The van der Waals surface area contributed by atoms with E-state index in [0.717, 1.165) is 0 Å². The van der Waals surface area contributed by atoms with Crippen molar-refractivity contribution in [3.05, 3.63) is 71.3 Å². The Hall–Kier alpha value is -2.20. The zero-order chi connectivity index (χ0) is 17.3. The lowest BCUT2D eigenvalue weighted by Gasteiger charge is -2.37. The van der Waals surface area contributed by atoms with Crippen molar-refractivity contribution in [3.8, 4) is 0 Å². The predicted octanol–water partition coefficient (Wildman–Crippen LogP) is 4.14. The number of ketones is 1. The molecular formula is C19H22O3Si. The highest BCUT2D eigenvalue weighted by molar-refractivity contribution is 6.82. The monoisotopic (exact) mass is 326 g/mol. The molecule has 3 nitrogen and oxygen atoms in total. The molecule has 1 atom stereocenters. The van der Waals surface area contributed by atoms with E-state index in [0.29, 0.717) is 16.7 Å². The number of rotatable bonds is 5. The lowest BCUT2D eigenvalue weighted by Crippen LogP contribution is -2.53. The van der Waals surface area contributed by atoms with Gasteiger partial charge in [-0.3, -0.25) is 9.59 Å². The number of carboxylic acids is 1. The summed E-state index contributed by atoms with van der Waals surface area (Å²) in [5.74, 6) is -0.920. The van der Waals surface area contributed by atoms with Crippen molar-refractivity contribution in [1.29, 1.82) is 0 Å². The first-order valence-corrected chi connectivity index (χ1v) is 11.1. The van der Waals surface area contributed by atoms with E-state index in [4.69, 9.17) is 0 Å². The number of hydrogen-bond acceptors (Lipinski definition) is 2. The molecule has 0 aromatic heterocycles. The average Bonchev–Trinajstić information content (AvgIpc) is 2.53. The third kappa shape index (κ3) is 3.12. The number of aliphatic carboxylic acids is 1. The van der Waals surface area contributed by atoms with Crippen LogP contribution in [0.15, 0.2) is 54.6 Å². The Morgan fingerprint density at radius 3 is 2.00 bits per heavy atom. The Kier molecular flexibility index (Phi) is 4.57. The zero-order valence-electron chi connectivity index (χ0n) is 14.0. The summed E-state index contributed by atoms with van der Waals surface area (Å²) in [5.41, 5.74) is 1.83. The highest BCUT2D eigenvalue weighted by Crippen LogP contribution is 2.35. The number of carbonyl (C=O) groups excluding carboxylic acids is 1. The number of benzene rings is 2. The largest absolute Gasteiger partial charge is 0.481 e. The van der Waals surface area contributed by atoms with Gasteiger partial charge in [0.05, 0.1) is 13.1 Å². The van der Waals surface area contributed by atoms with Gasteiger partial charge in [-0.05, 0) is 18.6 Å². The van der Waals surface area contributed by atoms with E-state index in [1.165, 1.54) is 0 Å². The van der Waals surface area contributed by atoms with Crippen molar-refractivity contribution in [1.82, 2.24) is 0 Å². The van der Waals surface area contributed by atoms with Crippen molar-refractivity contribution in [2.45, 2.75) is 31.6 Å². The van der Waals surface area contributed by atoms with Gasteiger partial charge in [-0.15, -0.1) is 0 Å². The van der Waals surface area contributed by atoms with E-state index >= 15 is 0 Å². The lowest BCUT2D eigenvalue weighted by molar-refractivity contribution is -0.140. The Labute approximate surface area is 138 Å². The molecule has 0 amide bonds. The fourth-order valence-corrected chi connectivity index (χ4v) is 4.27. The van der Waals surface area contributed by atoms with Gasteiger partial charge in [0.25, 0.3) is 0 Å². The van der Waals surface area contributed by atoms with E-state index in [-0.39, 0.29) is 5.78 Å². The first kappa shape index (κ1) is 17.2. The molecule has 0 bridgehead atoms. The van der Waals surface area contributed by atoms with Gasteiger partial charge in [-0.1, -0.05) is 68.2 Å². The van der Waals surface area contributed by atoms with Crippen LogP contribution in [0.1, 0.15) is 28.4 Å². The molecule has 2 rings (SSSR count). The average molecular weight is 326 g/mol. The standard InChI is InChI=1S/C19H22O3Si/c1-19(18(21)22,23(2,3)4)16-12-8-11-15(13-16)17(20)14-9-6-5-7-10-14/h5-13H,1-4H3,(H,21,22). The Morgan fingerprint density at radius 2 is 1.48 bits per heavy atom. The summed E-state index contributed by atoms with van der Waals surface area (Å²) in [6.45, 7) is 7.88. The minimum atomic E-state index is -2.06. The zero-order valence-corrected chi connectivity index (χ0v) is 15.0. The summed E-state index contributed by atoms with van der Waals surface area (Å²) in [6.07, 6.45) is 0. The van der Waals surface area contributed by atoms with Gasteiger partial charge in [0.1, 0.15) is 0 Å². The van der Waals surface area contributed by atoms with Crippen LogP contribution < -0.4 is 0 Å². The smallest absolute Gasteiger partial charge is 0.310 e. The van der Waals surface area contributed by atoms with Crippen molar-refractivity contribution in [2.24, 2.45) is 0 Å². The molecule has 0 fully saturated rings. The summed E-state index contributed by atoms with van der Waals surface area (Å²) in [5, 5.41) is 8.87. The van der Waals surface area contributed by atoms with Gasteiger partial charge in [0.2, 0.25) is 0 Å². The fourth-order valence-electron chi connectivity index (χ4n) is 2.60. The van der Waals surface area contributed by atoms with Gasteiger partial charge >= 0.3 is 5.97 Å². The van der Waals surface area contributed by atoms with Gasteiger partial charge in [-0.25, -0.2) is 0 Å². The van der Waals surface area contributed by atoms with Crippen LogP contribution in [-0.4, -0.2) is 24.9 Å². The first-order valence-electron chi connectivity index (χ1n) is 7.61. The molecule has 120 valence electrons. The van der Waals surface area contributed by atoms with Gasteiger partial charge < -0.3 is 5.11 Å². The molecule has 0 aliphatic rings. The van der Waals surface area contributed by atoms with Crippen LogP contribution in [0.5, 0.6) is 0 Å². The predicted molar refractivity (Wildman–Crippen MR) is 94.7 cm³/mol. The number of carboxylic acid groups (broad SMARTS) is 1. The molecule has 1 unspecified atom stereocenters. The summed E-state index contributed by atoms with van der Waals surface area (Å²) in [6, 6.07) is 16.1. The van der Waals surface area contributed by atoms with Crippen LogP contribution in [0.25, 0.3) is 0 Å². The number of hydrogen-bond donors (Lipinski definition) is 1. The molecule has 23 heavy (non-hydrogen) atoms. The fraction of sp³-hybridized carbons (Fsp3) is 0.263. The van der Waals surface area contributed by atoms with Crippen LogP contribution in [0.3, 0.4) is 0 Å². The van der Waals surface area contributed by atoms with E-state index in [1.807, 2.05) is 43.9 Å².